The Morgan fingerprint density at radius 3 is 2.53 bits per heavy atom. The molecule has 1 atom stereocenters. The van der Waals surface area contributed by atoms with Crippen molar-refractivity contribution in [2.45, 2.75) is 13.0 Å². The van der Waals surface area contributed by atoms with Gasteiger partial charge in [-0.05, 0) is 48.7 Å². The number of pyridine rings is 1. The number of aryl methyl sites for hydroxylation is 1. The maximum absolute atomic E-state index is 4.04. The first kappa shape index (κ1) is 10.3. The molecule has 0 bridgehead atoms. The van der Waals surface area contributed by atoms with Crippen molar-refractivity contribution < 1.29 is 0 Å². The highest BCUT2D eigenvalue weighted by molar-refractivity contribution is 7.10. The average molecular weight is 218 g/mol. The zero-order valence-corrected chi connectivity index (χ0v) is 9.71. The predicted molar refractivity (Wildman–Crippen MR) is 64.2 cm³/mol. The van der Waals surface area contributed by atoms with E-state index in [0.29, 0.717) is 0 Å². The lowest BCUT2D eigenvalue weighted by molar-refractivity contribution is 0.699. The molecule has 0 radical (unpaired) electrons. The topological polar surface area (TPSA) is 24.9 Å². The van der Waals surface area contributed by atoms with Crippen molar-refractivity contribution in [2.75, 3.05) is 7.05 Å². The normalized spacial score (nSPS) is 12.7. The molecule has 2 aromatic rings. The molecular formula is C12H14N2S. The van der Waals surface area contributed by atoms with Crippen LogP contribution in [-0.4, -0.2) is 12.0 Å². The molecule has 1 unspecified atom stereocenters. The summed E-state index contributed by atoms with van der Waals surface area (Å²) >= 11 is 1.79. The van der Waals surface area contributed by atoms with Crippen molar-refractivity contribution in [3.8, 4) is 0 Å². The van der Waals surface area contributed by atoms with Crippen LogP contribution in [0.5, 0.6) is 0 Å². The van der Waals surface area contributed by atoms with Crippen LogP contribution in [0.4, 0.5) is 0 Å². The van der Waals surface area contributed by atoms with E-state index < -0.39 is 0 Å². The van der Waals surface area contributed by atoms with Crippen LogP contribution in [0.3, 0.4) is 0 Å². The molecule has 1 N–H and O–H groups in total. The van der Waals surface area contributed by atoms with E-state index in [1.165, 1.54) is 16.0 Å². The second-order valence-electron chi connectivity index (χ2n) is 3.47. The van der Waals surface area contributed by atoms with Gasteiger partial charge in [-0.2, -0.15) is 0 Å². The molecule has 0 amide bonds. The highest BCUT2D eigenvalue weighted by Gasteiger charge is 2.14. The minimum atomic E-state index is 0.285. The summed E-state index contributed by atoms with van der Waals surface area (Å²) in [6.07, 6.45) is 3.67. The summed E-state index contributed by atoms with van der Waals surface area (Å²) in [4.78, 5) is 5.42. The van der Waals surface area contributed by atoms with Gasteiger partial charge in [0.05, 0.1) is 6.04 Å². The molecule has 2 aromatic heterocycles. The van der Waals surface area contributed by atoms with Crippen LogP contribution in [0.1, 0.15) is 22.0 Å². The molecule has 2 nitrogen and oxygen atoms in total. The maximum atomic E-state index is 4.04. The van der Waals surface area contributed by atoms with Gasteiger partial charge >= 0.3 is 0 Å². The Balaban J connectivity index is 2.37. The smallest absolute Gasteiger partial charge is 0.0672 e. The molecule has 0 spiro atoms. The minimum Gasteiger partial charge on any atom is -0.309 e. The van der Waals surface area contributed by atoms with Crippen molar-refractivity contribution in [3.63, 3.8) is 0 Å². The van der Waals surface area contributed by atoms with Gasteiger partial charge in [-0.25, -0.2) is 0 Å². The maximum Gasteiger partial charge on any atom is 0.0672 e. The van der Waals surface area contributed by atoms with Crippen molar-refractivity contribution in [2.24, 2.45) is 0 Å². The van der Waals surface area contributed by atoms with Crippen molar-refractivity contribution in [1.29, 1.82) is 0 Å². The summed E-state index contributed by atoms with van der Waals surface area (Å²) in [5.74, 6) is 0. The molecule has 0 aliphatic carbocycles. The van der Waals surface area contributed by atoms with Crippen LogP contribution in [0.15, 0.2) is 36.0 Å². The third-order valence-corrected chi connectivity index (χ3v) is 3.58. The van der Waals surface area contributed by atoms with Crippen LogP contribution in [-0.2, 0) is 0 Å². The molecule has 2 heterocycles. The van der Waals surface area contributed by atoms with Crippen molar-refractivity contribution in [1.82, 2.24) is 10.3 Å². The standard InChI is InChI=1S/C12H14N2S/c1-9-5-8-15-12(9)11(13-2)10-3-6-14-7-4-10/h3-8,11,13H,1-2H3. The van der Waals surface area contributed by atoms with Crippen LogP contribution in [0.25, 0.3) is 0 Å². The van der Waals surface area contributed by atoms with E-state index in [1.807, 2.05) is 19.4 Å². The molecule has 78 valence electrons. The molecular weight excluding hydrogens is 204 g/mol. The number of hydrogen-bond acceptors (Lipinski definition) is 3. The van der Waals surface area contributed by atoms with Gasteiger partial charge in [-0.1, -0.05) is 0 Å². The Morgan fingerprint density at radius 2 is 2.00 bits per heavy atom. The Hall–Kier alpha value is -1.19. The summed E-state index contributed by atoms with van der Waals surface area (Å²) < 4.78 is 0. The van der Waals surface area contributed by atoms with Gasteiger partial charge in [-0.3, -0.25) is 4.98 Å². The highest BCUT2D eigenvalue weighted by Crippen LogP contribution is 2.28. The SMILES string of the molecule is CNC(c1ccncc1)c1sccc1C. The number of nitrogens with one attached hydrogen (secondary N) is 1. The highest BCUT2D eigenvalue weighted by atomic mass is 32.1. The van der Waals surface area contributed by atoms with Gasteiger partial charge < -0.3 is 5.32 Å². The number of nitrogens with zero attached hydrogens (tertiary/aromatic N) is 1. The monoisotopic (exact) mass is 218 g/mol. The summed E-state index contributed by atoms with van der Waals surface area (Å²) in [5.41, 5.74) is 2.61. The number of thiophene rings is 1. The average Bonchev–Trinajstić information content (AvgIpc) is 2.68. The van der Waals surface area contributed by atoms with Gasteiger partial charge in [0, 0.05) is 17.3 Å². The van der Waals surface area contributed by atoms with E-state index in [2.05, 4.69) is 40.8 Å². The summed E-state index contributed by atoms with van der Waals surface area (Å²) in [7, 11) is 1.99. The van der Waals surface area contributed by atoms with Crippen LogP contribution >= 0.6 is 11.3 Å². The van der Waals surface area contributed by atoms with Gasteiger partial charge in [0.2, 0.25) is 0 Å². The number of hydrogen-bond donors (Lipinski definition) is 1. The third-order valence-electron chi connectivity index (χ3n) is 2.49. The van der Waals surface area contributed by atoms with E-state index >= 15 is 0 Å². The zero-order valence-electron chi connectivity index (χ0n) is 8.90. The Kier molecular flexibility index (Phi) is 3.14. The molecule has 15 heavy (non-hydrogen) atoms. The lowest BCUT2D eigenvalue weighted by Crippen LogP contribution is -2.17. The molecule has 3 heteroatoms. The largest absolute Gasteiger partial charge is 0.309 e. The zero-order chi connectivity index (χ0) is 10.7. The number of rotatable bonds is 3. The fourth-order valence-corrected chi connectivity index (χ4v) is 2.75. The Bertz CT molecular complexity index is 422. The van der Waals surface area contributed by atoms with Gasteiger partial charge in [0.25, 0.3) is 0 Å². The molecule has 0 saturated carbocycles. The van der Waals surface area contributed by atoms with Crippen molar-refractivity contribution in [3.05, 3.63) is 52.0 Å². The molecule has 0 aliphatic heterocycles. The van der Waals surface area contributed by atoms with Gasteiger partial charge in [0.1, 0.15) is 0 Å². The third kappa shape index (κ3) is 2.08. The van der Waals surface area contributed by atoms with E-state index in [-0.39, 0.29) is 6.04 Å². The Morgan fingerprint density at radius 1 is 1.27 bits per heavy atom. The first-order chi connectivity index (χ1) is 7.33. The summed E-state index contributed by atoms with van der Waals surface area (Å²) in [5, 5.41) is 5.48. The fourth-order valence-electron chi connectivity index (χ4n) is 1.69. The van der Waals surface area contributed by atoms with E-state index in [0.717, 1.165) is 0 Å². The van der Waals surface area contributed by atoms with Crippen LogP contribution < -0.4 is 5.32 Å². The predicted octanol–water partition coefficient (Wildman–Crippen LogP) is 2.76. The van der Waals surface area contributed by atoms with Crippen molar-refractivity contribution >= 4 is 11.3 Å². The molecule has 0 fully saturated rings. The van der Waals surface area contributed by atoms with Crippen LogP contribution in [0.2, 0.25) is 0 Å². The van der Waals surface area contributed by atoms with Gasteiger partial charge in [0.15, 0.2) is 0 Å². The minimum absolute atomic E-state index is 0.285. The number of aromatic nitrogens is 1. The van der Waals surface area contributed by atoms with E-state index in [4.69, 9.17) is 0 Å². The summed E-state index contributed by atoms with van der Waals surface area (Å²) in [6, 6.07) is 6.56. The second-order valence-corrected chi connectivity index (χ2v) is 4.42. The molecule has 2 rings (SSSR count). The second kappa shape index (κ2) is 4.55. The first-order valence-corrected chi connectivity index (χ1v) is 5.82. The first-order valence-electron chi connectivity index (χ1n) is 4.94. The molecule has 0 aromatic carbocycles. The Labute approximate surface area is 94.0 Å². The van der Waals surface area contributed by atoms with Gasteiger partial charge in [-0.15, -0.1) is 11.3 Å². The fraction of sp³-hybridized carbons (Fsp3) is 0.250. The summed E-state index contributed by atoms with van der Waals surface area (Å²) in [6.45, 7) is 2.15. The molecule has 0 aliphatic rings. The van der Waals surface area contributed by atoms with E-state index in [9.17, 15) is 0 Å². The molecule has 0 saturated heterocycles. The lowest BCUT2D eigenvalue weighted by atomic mass is 10.0. The van der Waals surface area contributed by atoms with E-state index in [1.54, 1.807) is 11.3 Å². The lowest BCUT2D eigenvalue weighted by Gasteiger charge is -2.15. The quantitative estimate of drug-likeness (QED) is 0.857. The van der Waals surface area contributed by atoms with Crippen LogP contribution in [0, 0.1) is 6.92 Å².